The zero-order chi connectivity index (χ0) is 31.6. The number of H-pyrrole nitrogens is 1. The molecule has 0 fully saturated rings. The predicted molar refractivity (Wildman–Crippen MR) is 165 cm³/mol. The number of carbonyl (C=O) groups excluding carboxylic acids is 1. The Kier molecular flexibility index (Phi) is 11.6. The highest BCUT2D eigenvalue weighted by Gasteiger charge is 2.27. The molecule has 8 nitrogen and oxygen atoms in total. The third-order valence-electron chi connectivity index (χ3n) is 5.05. The lowest BCUT2D eigenvalue weighted by Gasteiger charge is -2.26. The third kappa shape index (κ3) is 9.27. The first-order valence-corrected chi connectivity index (χ1v) is 12.4. The molecule has 2 heterocycles. The molecule has 2 N–H and O–H groups in total. The molecular formula is C36H17N5O3. The third-order valence-corrected chi connectivity index (χ3v) is 5.05. The van der Waals surface area contributed by atoms with Crippen LogP contribution >= 0.6 is 0 Å². The van der Waals surface area contributed by atoms with Crippen molar-refractivity contribution in [2.24, 2.45) is 0 Å². The Labute approximate surface area is 255 Å². The Morgan fingerprint density at radius 1 is 0.795 bits per heavy atom. The van der Waals surface area contributed by atoms with Crippen LogP contribution in [0.1, 0.15) is 41.8 Å². The van der Waals surface area contributed by atoms with Crippen LogP contribution in [0.4, 0.5) is 5.69 Å². The molecule has 3 rings (SSSR count). The van der Waals surface area contributed by atoms with Crippen LogP contribution in [0, 0.1) is 125 Å². The fourth-order valence-electron chi connectivity index (χ4n) is 3.32. The van der Waals surface area contributed by atoms with Gasteiger partial charge >= 0.3 is 11.9 Å². The molecule has 3 aromatic rings. The highest BCUT2D eigenvalue weighted by Crippen LogP contribution is 2.27. The molecule has 0 spiro atoms. The van der Waals surface area contributed by atoms with Gasteiger partial charge in [-0.25, -0.2) is 9.31 Å². The molecule has 0 aliphatic rings. The minimum atomic E-state index is -1.13. The molecule has 1 unspecified atom stereocenters. The lowest BCUT2D eigenvalue weighted by Crippen LogP contribution is -2.34. The fourth-order valence-corrected chi connectivity index (χ4v) is 3.32. The van der Waals surface area contributed by atoms with Crippen LogP contribution in [0.3, 0.4) is 0 Å². The number of hydrogen-bond acceptors (Lipinski definition) is 4. The zero-order valence-electron chi connectivity index (χ0n) is 23.5. The molecular weight excluding hydrogens is 550 g/mol. The molecule has 44 heavy (non-hydrogen) atoms. The van der Waals surface area contributed by atoms with Gasteiger partial charge in [0.1, 0.15) is 0 Å². The summed E-state index contributed by atoms with van der Waals surface area (Å²) < 4.78 is 1.65. The van der Waals surface area contributed by atoms with E-state index in [1.54, 1.807) is 30.5 Å². The highest BCUT2D eigenvalue weighted by atomic mass is 16.4. The molecule has 0 bridgehead atoms. The molecule has 0 saturated carbocycles. The molecule has 2 aromatic heterocycles. The molecule has 1 atom stereocenters. The number of nitrogens with zero attached hydrogens (tertiary/aromatic N) is 4. The number of hydrogen-bond donors (Lipinski definition) is 2. The molecule has 0 saturated heterocycles. The average molecular weight is 568 g/mol. The first-order chi connectivity index (χ1) is 21.4. The van der Waals surface area contributed by atoms with Crippen molar-refractivity contribution in [2.75, 3.05) is 4.90 Å². The minimum Gasteiger partial charge on any atom is -0.478 e. The summed E-state index contributed by atoms with van der Waals surface area (Å²) in [6.07, 6.45) is 0. The van der Waals surface area contributed by atoms with Crippen LogP contribution < -0.4 is 4.90 Å². The number of nitrogens with one attached hydrogen (secondary N) is 1. The van der Waals surface area contributed by atoms with E-state index in [9.17, 15) is 14.7 Å². The number of benzene rings is 1. The van der Waals surface area contributed by atoms with Crippen molar-refractivity contribution in [1.82, 2.24) is 19.8 Å². The van der Waals surface area contributed by atoms with Gasteiger partial charge in [-0.15, -0.1) is 10.2 Å². The van der Waals surface area contributed by atoms with Gasteiger partial charge in [0.25, 0.3) is 0 Å². The van der Waals surface area contributed by atoms with E-state index in [1.165, 1.54) is 23.1 Å². The van der Waals surface area contributed by atoms with Crippen molar-refractivity contribution in [2.45, 2.75) is 26.8 Å². The SMILES string of the molecule is CC#CC#CC#CC#CC#CC#CC#CC#CC#CC#CC(=O)N(c1cccc(C(=O)O)c1)C(C)c1nnc2cc(C)[nH]n12. The van der Waals surface area contributed by atoms with Crippen LogP contribution in [0.15, 0.2) is 30.3 Å². The summed E-state index contributed by atoms with van der Waals surface area (Å²) >= 11 is 0. The second kappa shape index (κ2) is 16.5. The van der Waals surface area contributed by atoms with Gasteiger partial charge in [0.2, 0.25) is 0 Å². The number of aromatic amines is 1. The highest BCUT2D eigenvalue weighted by molar-refractivity contribution is 6.07. The Hall–Kier alpha value is -7.56. The number of fused-ring (bicyclic) bond motifs is 1. The Bertz CT molecular complexity index is 2290. The summed E-state index contributed by atoms with van der Waals surface area (Å²) in [5.41, 5.74) is 1.75. The maximum Gasteiger partial charge on any atom is 0.335 e. The van der Waals surface area contributed by atoms with Crippen LogP contribution in [0.25, 0.3) is 5.65 Å². The van der Waals surface area contributed by atoms with Crippen LogP contribution in [0.2, 0.25) is 0 Å². The summed E-state index contributed by atoms with van der Waals surface area (Å²) in [5, 5.41) is 20.9. The standard InChI is InChI=1S/C36H17N5O3/c1-4-5-6-7-8-9-10-11-12-13-14-15-16-17-18-19-20-21-22-26-34(42)40(32-25-23-24-31(28-32)36(43)44)30(3)35-38-37-33-27-29(2)39-41(33)35/h23-25,27-28,30,39H,1-3H3,(H,43,44). The number of aromatic nitrogens is 4. The molecule has 1 amide bonds. The van der Waals surface area contributed by atoms with E-state index in [0.717, 1.165) is 5.69 Å². The second-order valence-corrected chi connectivity index (χ2v) is 8.02. The van der Waals surface area contributed by atoms with E-state index in [0.29, 0.717) is 17.2 Å². The van der Waals surface area contributed by atoms with Crippen molar-refractivity contribution in [3.63, 3.8) is 0 Å². The lowest BCUT2D eigenvalue weighted by molar-refractivity contribution is -0.113. The first kappa shape index (κ1) is 31.0. The van der Waals surface area contributed by atoms with Gasteiger partial charge in [-0.1, -0.05) is 12.0 Å². The predicted octanol–water partition coefficient (Wildman–Crippen LogP) is 2.21. The van der Waals surface area contributed by atoms with Crippen molar-refractivity contribution in [3.05, 3.63) is 47.4 Å². The Balaban J connectivity index is 1.71. The van der Waals surface area contributed by atoms with E-state index in [4.69, 9.17) is 0 Å². The number of aryl methyl sites for hydroxylation is 1. The maximum absolute atomic E-state index is 13.2. The van der Waals surface area contributed by atoms with E-state index < -0.39 is 17.9 Å². The van der Waals surface area contributed by atoms with Crippen LogP contribution in [0.5, 0.6) is 0 Å². The van der Waals surface area contributed by atoms with Gasteiger partial charge in [0.15, 0.2) is 11.5 Å². The summed E-state index contributed by atoms with van der Waals surface area (Å²) in [7, 11) is 0. The van der Waals surface area contributed by atoms with Gasteiger partial charge in [0.05, 0.1) is 11.6 Å². The number of aromatic carboxylic acids is 1. The quantitative estimate of drug-likeness (QED) is 0.471. The van der Waals surface area contributed by atoms with E-state index in [2.05, 4.69) is 134 Å². The van der Waals surface area contributed by atoms with E-state index >= 15 is 0 Å². The number of carboxylic acid groups (broad SMARTS) is 1. The second-order valence-electron chi connectivity index (χ2n) is 8.02. The monoisotopic (exact) mass is 567 g/mol. The van der Waals surface area contributed by atoms with Gasteiger partial charge in [-0.05, 0) is 134 Å². The molecule has 0 radical (unpaired) electrons. The summed E-state index contributed by atoms with van der Waals surface area (Å²) in [6, 6.07) is 7.09. The number of anilines is 1. The molecule has 1 aromatic carbocycles. The molecule has 0 aliphatic carbocycles. The topological polar surface area (TPSA) is 104 Å². The lowest BCUT2D eigenvalue weighted by atomic mass is 10.1. The van der Waals surface area contributed by atoms with Crippen LogP contribution in [-0.4, -0.2) is 36.8 Å². The smallest absolute Gasteiger partial charge is 0.335 e. The van der Waals surface area contributed by atoms with Crippen molar-refractivity contribution >= 4 is 23.2 Å². The van der Waals surface area contributed by atoms with Crippen LogP contribution in [-0.2, 0) is 4.79 Å². The van der Waals surface area contributed by atoms with Crippen molar-refractivity contribution < 1.29 is 14.7 Å². The summed E-state index contributed by atoms with van der Waals surface area (Å²) in [4.78, 5) is 26.1. The number of carbonyl (C=O) groups is 2. The summed E-state index contributed by atoms with van der Waals surface area (Å²) in [5.74, 6) is 48.7. The van der Waals surface area contributed by atoms with Gasteiger partial charge < -0.3 is 5.11 Å². The Morgan fingerprint density at radius 3 is 1.84 bits per heavy atom. The Morgan fingerprint density at radius 2 is 1.32 bits per heavy atom. The molecule has 204 valence electrons. The maximum atomic E-state index is 13.2. The van der Waals surface area contributed by atoms with E-state index in [-0.39, 0.29) is 5.56 Å². The van der Waals surface area contributed by atoms with Gasteiger partial charge in [-0.2, -0.15) is 0 Å². The number of rotatable bonds is 4. The van der Waals surface area contributed by atoms with Crippen molar-refractivity contribution in [1.29, 1.82) is 0 Å². The first-order valence-electron chi connectivity index (χ1n) is 12.4. The minimum absolute atomic E-state index is 0.00891. The van der Waals surface area contributed by atoms with Gasteiger partial charge in [-0.3, -0.25) is 14.8 Å². The zero-order valence-corrected chi connectivity index (χ0v) is 23.5. The number of amides is 1. The molecule has 0 aliphatic heterocycles. The fraction of sp³-hybridized carbons (Fsp3) is 0.111. The average Bonchev–Trinajstić information content (AvgIpc) is 3.57. The van der Waals surface area contributed by atoms with Gasteiger partial charge in [0, 0.05) is 35.2 Å². The van der Waals surface area contributed by atoms with E-state index in [1.807, 2.05) is 6.92 Å². The largest absolute Gasteiger partial charge is 0.478 e. The summed E-state index contributed by atoms with van der Waals surface area (Å²) in [6.45, 7) is 5.28. The normalized spacial score (nSPS) is 8.52. The number of carboxylic acids is 1. The molecule has 8 heteroatoms. The van der Waals surface area contributed by atoms with Crippen molar-refractivity contribution in [3.8, 4) is 118 Å².